The number of pyridine rings is 1. The summed E-state index contributed by atoms with van der Waals surface area (Å²) in [6.07, 6.45) is 2.91. The van der Waals surface area contributed by atoms with Crippen LogP contribution in [0.1, 0.15) is 17.0 Å². The number of morpholine rings is 1. The molecule has 35 heavy (non-hydrogen) atoms. The summed E-state index contributed by atoms with van der Waals surface area (Å²) in [5.74, 6) is -5.15. The Morgan fingerprint density at radius 2 is 1.71 bits per heavy atom. The van der Waals surface area contributed by atoms with Gasteiger partial charge in [-0.3, -0.25) is 9.78 Å². The Bertz CT molecular complexity index is 1410. The van der Waals surface area contributed by atoms with Gasteiger partial charge in [-0.2, -0.15) is 0 Å². The lowest BCUT2D eigenvalue weighted by Gasteiger charge is -2.29. The predicted molar refractivity (Wildman–Crippen MR) is 123 cm³/mol. The molecule has 1 aliphatic heterocycles. The van der Waals surface area contributed by atoms with Crippen molar-refractivity contribution in [3.63, 3.8) is 0 Å². The summed E-state index contributed by atoms with van der Waals surface area (Å²) >= 11 is 0. The van der Waals surface area contributed by atoms with Crippen molar-refractivity contribution in [2.45, 2.75) is 5.92 Å². The van der Waals surface area contributed by atoms with Gasteiger partial charge in [0, 0.05) is 35.3 Å². The number of amides is 1. The van der Waals surface area contributed by atoms with Gasteiger partial charge < -0.3 is 15.4 Å². The molecule has 2 N–H and O–H groups in total. The summed E-state index contributed by atoms with van der Waals surface area (Å²) in [7, 11) is 0. The van der Waals surface area contributed by atoms with E-state index in [1.807, 2.05) is 12.1 Å². The fourth-order valence-electron chi connectivity index (χ4n) is 4.35. The van der Waals surface area contributed by atoms with Gasteiger partial charge in [0.2, 0.25) is 5.91 Å². The fourth-order valence-corrected chi connectivity index (χ4v) is 4.35. The molecule has 2 aromatic heterocycles. The number of nitrogens with two attached hydrogens (primary N) is 1. The van der Waals surface area contributed by atoms with Crippen molar-refractivity contribution in [1.82, 2.24) is 15.0 Å². The molecular formula is C25H20F3N5O2. The third-order valence-corrected chi connectivity index (χ3v) is 6.04. The van der Waals surface area contributed by atoms with E-state index < -0.39 is 34.8 Å². The lowest BCUT2D eigenvalue weighted by Crippen LogP contribution is -2.36. The standard InChI is InChI=1S/C25H20F3N5O2/c26-18-4-1-14(22(25(29)34)23-19(27)11-30-12-20(23)28)9-17(18)24-16-3-2-15(10-21(16)31-13-32-24)33-5-7-35-8-6-33/h1-4,9-13,22H,5-8H2,(H2,29,34). The number of fused-ring (bicyclic) bond motifs is 1. The molecule has 10 heteroatoms. The molecule has 178 valence electrons. The van der Waals surface area contributed by atoms with Crippen molar-refractivity contribution in [2.24, 2.45) is 5.73 Å². The van der Waals surface area contributed by atoms with Crippen LogP contribution in [0.15, 0.2) is 55.1 Å². The molecule has 2 aromatic carbocycles. The molecule has 0 bridgehead atoms. The number of ether oxygens (including phenoxy) is 1. The molecule has 1 atom stereocenters. The van der Waals surface area contributed by atoms with E-state index in [2.05, 4.69) is 19.9 Å². The number of anilines is 1. The van der Waals surface area contributed by atoms with Crippen molar-refractivity contribution in [3.05, 3.63) is 83.7 Å². The highest BCUT2D eigenvalue weighted by molar-refractivity contribution is 5.94. The number of hydrogen-bond donors (Lipinski definition) is 1. The van der Waals surface area contributed by atoms with Crippen LogP contribution in [0.2, 0.25) is 0 Å². The van der Waals surface area contributed by atoms with Crippen LogP contribution in [0.3, 0.4) is 0 Å². The van der Waals surface area contributed by atoms with Gasteiger partial charge in [-0.25, -0.2) is 23.1 Å². The normalized spacial score (nSPS) is 14.8. The zero-order valence-corrected chi connectivity index (χ0v) is 18.4. The highest BCUT2D eigenvalue weighted by Crippen LogP contribution is 2.35. The number of carbonyl (C=O) groups is 1. The van der Waals surface area contributed by atoms with E-state index in [9.17, 15) is 13.6 Å². The topological polar surface area (TPSA) is 94.2 Å². The largest absolute Gasteiger partial charge is 0.378 e. The number of carbonyl (C=O) groups excluding carboxylic acids is 1. The molecule has 1 saturated heterocycles. The molecule has 4 aromatic rings. The molecule has 0 spiro atoms. The smallest absolute Gasteiger partial charge is 0.229 e. The van der Waals surface area contributed by atoms with Crippen molar-refractivity contribution in [1.29, 1.82) is 0 Å². The van der Waals surface area contributed by atoms with Gasteiger partial charge in [0.15, 0.2) is 0 Å². The summed E-state index contributed by atoms with van der Waals surface area (Å²) in [5.41, 5.74) is 6.97. The zero-order chi connectivity index (χ0) is 24.5. The first kappa shape index (κ1) is 22.7. The maximum atomic E-state index is 15.0. The van der Waals surface area contributed by atoms with Gasteiger partial charge in [0.1, 0.15) is 23.8 Å². The molecule has 5 rings (SSSR count). The van der Waals surface area contributed by atoms with Gasteiger partial charge in [-0.1, -0.05) is 6.07 Å². The molecule has 1 fully saturated rings. The van der Waals surface area contributed by atoms with Crippen molar-refractivity contribution < 1.29 is 22.7 Å². The summed E-state index contributed by atoms with van der Waals surface area (Å²) in [5, 5.41) is 0.581. The lowest BCUT2D eigenvalue weighted by atomic mass is 9.88. The summed E-state index contributed by atoms with van der Waals surface area (Å²) in [6, 6.07) is 9.32. The van der Waals surface area contributed by atoms with Crippen LogP contribution in [-0.4, -0.2) is 47.2 Å². The van der Waals surface area contributed by atoms with Gasteiger partial charge in [0.25, 0.3) is 0 Å². The first-order valence-electron chi connectivity index (χ1n) is 10.9. The number of aromatic nitrogens is 3. The highest BCUT2D eigenvalue weighted by atomic mass is 19.1. The first-order chi connectivity index (χ1) is 16.9. The van der Waals surface area contributed by atoms with Crippen LogP contribution in [0.25, 0.3) is 22.2 Å². The van der Waals surface area contributed by atoms with Crippen LogP contribution in [0.5, 0.6) is 0 Å². The average molecular weight is 479 g/mol. The van der Waals surface area contributed by atoms with Crippen LogP contribution in [-0.2, 0) is 9.53 Å². The van der Waals surface area contributed by atoms with Crippen molar-refractivity contribution in [3.8, 4) is 11.3 Å². The van der Waals surface area contributed by atoms with E-state index in [1.54, 1.807) is 6.07 Å². The Balaban J connectivity index is 1.61. The molecule has 0 saturated carbocycles. The molecule has 1 unspecified atom stereocenters. The number of hydrogen-bond acceptors (Lipinski definition) is 6. The Morgan fingerprint density at radius 1 is 0.971 bits per heavy atom. The fraction of sp³-hybridized carbons (Fsp3) is 0.200. The molecule has 7 nitrogen and oxygen atoms in total. The minimum Gasteiger partial charge on any atom is -0.378 e. The zero-order valence-electron chi connectivity index (χ0n) is 18.4. The van der Waals surface area contributed by atoms with E-state index in [1.165, 1.54) is 18.5 Å². The SMILES string of the molecule is NC(=O)C(c1ccc(F)c(-c2ncnc3cc(N4CCOCC4)ccc23)c1)c1c(F)cncc1F. The van der Waals surface area contributed by atoms with E-state index >= 15 is 4.39 Å². The molecule has 1 amide bonds. The van der Waals surface area contributed by atoms with Crippen LogP contribution >= 0.6 is 0 Å². The second kappa shape index (κ2) is 9.30. The van der Waals surface area contributed by atoms with Crippen LogP contribution < -0.4 is 10.6 Å². The van der Waals surface area contributed by atoms with Crippen LogP contribution in [0, 0.1) is 17.5 Å². The Labute approximate surface area is 198 Å². The maximum absolute atomic E-state index is 15.0. The number of halogens is 3. The summed E-state index contributed by atoms with van der Waals surface area (Å²) in [6.45, 7) is 2.75. The number of benzene rings is 2. The summed E-state index contributed by atoms with van der Waals surface area (Å²) < 4.78 is 49.3. The van der Waals surface area contributed by atoms with Gasteiger partial charge >= 0.3 is 0 Å². The van der Waals surface area contributed by atoms with Gasteiger partial charge in [-0.15, -0.1) is 0 Å². The third-order valence-electron chi connectivity index (χ3n) is 6.04. The number of nitrogens with zero attached hydrogens (tertiary/aromatic N) is 4. The Hall–Kier alpha value is -4.05. The van der Waals surface area contributed by atoms with Crippen molar-refractivity contribution in [2.75, 3.05) is 31.2 Å². The Kier molecular flexibility index (Phi) is 6.04. The molecule has 3 heterocycles. The van der Waals surface area contributed by atoms with Gasteiger partial charge in [0.05, 0.1) is 42.7 Å². The lowest BCUT2D eigenvalue weighted by molar-refractivity contribution is -0.118. The summed E-state index contributed by atoms with van der Waals surface area (Å²) in [4.78, 5) is 26.5. The van der Waals surface area contributed by atoms with Crippen molar-refractivity contribution >= 4 is 22.5 Å². The monoisotopic (exact) mass is 479 g/mol. The average Bonchev–Trinajstić information content (AvgIpc) is 2.86. The van der Waals surface area contributed by atoms with E-state index in [4.69, 9.17) is 10.5 Å². The van der Waals surface area contributed by atoms with E-state index in [-0.39, 0.29) is 16.8 Å². The minimum absolute atomic E-state index is 0.0511. The second-order valence-electron chi connectivity index (χ2n) is 8.11. The van der Waals surface area contributed by atoms with Gasteiger partial charge in [-0.05, 0) is 35.9 Å². The molecule has 1 aliphatic rings. The quantitative estimate of drug-likeness (QED) is 0.471. The molecule has 0 aliphatic carbocycles. The maximum Gasteiger partial charge on any atom is 0.229 e. The molecule has 0 radical (unpaired) electrons. The number of primary amides is 1. The molecular weight excluding hydrogens is 459 g/mol. The van der Waals surface area contributed by atoms with E-state index in [0.717, 1.165) is 37.2 Å². The highest BCUT2D eigenvalue weighted by Gasteiger charge is 2.28. The second-order valence-corrected chi connectivity index (χ2v) is 8.11. The van der Waals surface area contributed by atoms with Crippen LogP contribution in [0.4, 0.5) is 18.9 Å². The minimum atomic E-state index is -1.49. The first-order valence-corrected chi connectivity index (χ1v) is 10.9. The Morgan fingerprint density at radius 3 is 2.43 bits per heavy atom. The predicted octanol–water partition coefficient (Wildman–Crippen LogP) is 3.56. The van der Waals surface area contributed by atoms with E-state index in [0.29, 0.717) is 24.1 Å². The third kappa shape index (κ3) is 4.28. The number of rotatable bonds is 5.